The van der Waals surface area contributed by atoms with Gasteiger partial charge in [0, 0.05) is 17.5 Å². The SMILES string of the molecule is CNC(=O)c1c(NC(=O)c2cccc(OCc3nsnc3C)c2)sc2c1CCCC2. The van der Waals surface area contributed by atoms with Gasteiger partial charge in [-0.2, -0.15) is 8.75 Å². The first-order valence-electron chi connectivity index (χ1n) is 9.75. The fourth-order valence-corrected chi connectivity index (χ4v) is 5.29. The molecule has 4 rings (SSSR count). The Kier molecular flexibility index (Phi) is 6.10. The second kappa shape index (κ2) is 8.93. The molecule has 3 aromatic rings. The summed E-state index contributed by atoms with van der Waals surface area (Å²) in [5.74, 6) is 0.150. The molecule has 30 heavy (non-hydrogen) atoms. The summed E-state index contributed by atoms with van der Waals surface area (Å²) >= 11 is 2.66. The average molecular weight is 443 g/mol. The number of carbonyl (C=O) groups is 2. The quantitative estimate of drug-likeness (QED) is 0.602. The molecule has 1 aromatic carbocycles. The fraction of sp³-hybridized carbons (Fsp3) is 0.333. The molecule has 0 atom stereocenters. The van der Waals surface area contributed by atoms with E-state index in [2.05, 4.69) is 19.4 Å². The second-order valence-corrected chi connectivity index (χ2v) is 8.69. The summed E-state index contributed by atoms with van der Waals surface area (Å²) in [6, 6.07) is 6.99. The third-order valence-corrected chi connectivity index (χ3v) is 6.94. The van der Waals surface area contributed by atoms with Crippen LogP contribution < -0.4 is 15.4 Å². The summed E-state index contributed by atoms with van der Waals surface area (Å²) < 4.78 is 14.1. The van der Waals surface area contributed by atoms with E-state index in [-0.39, 0.29) is 11.8 Å². The van der Waals surface area contributed by atoms with Crippen LogP contribution in [-0.4, -0.2) is 27.6 Å². The van der Waals surface area contributed by atoms with Crippen molar-refractivity contribution in [2.45, 2.75) is 39.2 Å². The number of benzene rings is 1. The summed E-state index contributed by atoms with van der Waals surface area (Å²) in [4.78, 5) is 26.6. The van der Waals surface area contributed by atoms with Crippen molar-refractivity contribution in [1.29, 1.82) is 0 Å². The topological polar surface area (TPSA) is 93.2 Å². The average Bonchev–Trinajstić information content (AvgIpc) is 3.34. The first kappa shape index (κ1) is 20.5. The lowest BCUT2D eigenvalue weighted by atomic mass is 9.95. The monoisotopic (exact) mass is 442 g/mol. The lowest BCUT2D eigenvalue weighted by molar-refractivity contribution is 0.0963. The molecule has 0 radical (unpaired) electrons. The summed E-state index contributed by atoms with van der Waals surface area (Å²) in [6.07, 6.45) is 4.00. The lowest BCUT2D eigenvalue weighted by Gasteiger charge is -2.12. The first-order valence-corrected chi connectivity index (χ1v) is 11.3. The Morgan fingerprint density at radius 2 is 2.00 bits per heavy atom. The van der Waals surface area contributed by atoms with Crippen molar-refractivity contribution in [2.24, 2.45) is 0 Å². The van der Waals surface area contributed by atoms with E-state index in [0.717, 1.165) is 54.4 Å². The number of aryl methyl sites for hydroxylation is 2. The van der Waals surface area contributed by atoms with Gasteiger partial charge in [-0.05, 0) is 56.4 Å². The van der Waals surface area contributed by atoms with Gasteiger partial charge in [0.15, 0.2) is 0 Å². The lowest BCUT2D eigenvalue weighted by Crippen LogP contribution is -2.22. The fourth-order valence-electron chi connectivity index (χ4n) is 3.45. The molecule has 9 heteroatoms. The maximum absolute atomic E-state index is 12.9. The maximum atomic E-state index is 12.9. The van der Waals surface area contributed by atoms with E-state index in [4.69, 9.17) is 4.74 Å². The zero-order valence-electron chi connectivity index (χ0n) is 16.8. The van der Waals surface area contributed by atoms with E-state index in [0.29, 0.717) is 28.5 Å². The summed E-state index contributed by atoms with van der Waals surface area (Å²) in [5, 5.41) is 6.26. The smallest absolute Gasteiger partial charge is 0.256 e. The van der Waals surface area contributed by atoms with E-state index in [9.17, 15) is 9.59 Å². The van der Waals surface area contributed by atoms with Gasteiger partial charge in [-0.3, -0.25) is 9.59 Å². The van der Waals surface area contributed by atoms with Crippen LogP contribution in [0.15, 0.2) is 24.3 Å². The van der Waals surface area contributed by atoms with E-state index >= 15 is 0 Å². The van der Waals surface area contributed by atoms with Gasteiger partial charge in [0.1, 0.15) is 23.1 Å². The highest BCUT2D eigenvalue weighted by atomic mass is 32.1. The number of hydrogen-bond donors (Lipinski definition) is 2. The molecule has 0 spiro atoms. The molecule has 2 amide bonds. The number of aromatic nitrogens is 2. The number of anilines is 1. The number of nitrogens with zero attached hydrogens (tertiary/aromatic N) is 2. The predicted molar refractivity (Wildman–Crippen MR) is 118 cm³/mol. The molecule has 2 heterocycles. The van der Waals surface area contributed by atoms with Crippen molar-refractivity contribution < 1.29 is 14.3 Å². The van der Waals surface area contributed by atoms with Crippen LogP contribution in [-0.2, 0) is 19.4 Å². The molecule has 156 valence electrons. The van der Waals surface area contributed by atoms with Crippen molar-refractivity contribution in [3.63, 3.8) is 0 Å². The second-order valence-electron chi connectivity index (χ2n) is 7.06. The zero-order chi connectivity index (χ0) is 21.1. The van der Waals surface area contributed by atoms with Crippen molar-refractivity contribution in [2.75, 3.05) is 12.4 Å². The minimum absolute atomic E-state index is 0.158. The van der Waals surface area contributed by atoms with E-state index in [1.807, 2.05) is 6.92 Å². The van der Waals surface area contributed by atoms with E-state index in [1.165, 1.54) is 16.2 Å². The van der Waals surface area contributed by atoms with Crippen molar-refractivity contribution in [3.05, 3.63) is 57.2 Å². The summed E-state index contributed by atoms with van der Waals surface area (Å²) in [7, 11) is 1.61. The molecule has 1 aliphatic carbocycles. The van der Waals surface area contributed by atoms with Gasteiger partial charge in [0.2, 0.25) is 0 Å². The molecule has 2 aromatic heterocycles. The molecule has 0 fully saturated rings. The van der Waals surface area contributed by atoms with E-state index < -0.39 is 0 Å². The van der Waals surface area contributed by atoms with Gasteiger partial charge in [-0.25, -0.2) is 0 Å². The number of ether oxygens (including phenoxy) is 1. The number of hydrogen-bond acceptors (Lipinski definition) is 7. The van der Waals surface area contributed by atoms with Gasteiger partial charge < -0.3 is 15.4 Å². The molecule has 0 unspecified atom stereocenters. The van der Waals surface area contributed by atoms with Crippen LogP contribution in [0.1, 0.15) is 55.4 Å². The Labute approximate surface area is 182 Å². The van der Waals surface area contributed by atoms with Crippen LogP contribution >= 0.6 is 23.1 Å². The van der Waals surface area contributed by atoms with Crippen LogP contribution in [0.2, 0.25) is 0 Å². The molecular formula is C21H22N4O3S2. The third-order valence-electron chi connectivity index (χ3n) is 5.07. The Bertz CT molecular complexity index is 1090. The third kappa shape index (κ3) is 4.22. The molecule has 0 saturated heterocycles. The molecule has 0 bridgehead atoms. The van der Waals surface area contributed by atoms with Gasteiger partial charge >= 0.3 is 0 Å². The van der Waals surface area contributed by atoms with Crippen molar-refractivity contribution >= 4 is 39.9 Å². The first-order chi connectivity index (χ1) is 14.6. The molecule has 2 N–H and O–H groups in total. The highest BCUT2D eigenvalue weighted by molar-refractivity contribution is 7.17. The molecule has 0 saturated carbocycles. The maximum Gasteiger partial charge on any atom is 0.256 e. The highest BCUT2D eigenvalue weighted by Gasteiger charge is 2.26. The number of rotatable bonds is 6. The molecular weight excluding hydrogens is 420 g/mol. The van der Waals surface area contributed by atoms with Crippen molar-refractivity contribution in [3.8, 4) is 5.75 Å². The normalized spacial score (nSPS) is 12.9. The van der Waals surface area contributed by atoms with Crippen LogP contribution in [0.3, 0.4) is 0 Å². The van der Waals surface area contributed by atoms with Gasteiger partial charge in [0.25, 0.3) is 11.8 Å². The Morgan fingerprint density at radius 1 is 1.17 bits per heavy atom. The predicted octanol–water partition coefficient (Wildman–Crippen LogP) is 3.98. The number of thiophene rings is 1. The Hall–Kier alpha value is -2.78. The van der Waals surface area contributed by atoms with E-state index in [1.54, 1.807) is 31.3 Å². The Morgan fingerprint density at radius 3 is 2.77 bits per heavy atom. The minimum Gasteiger partial charge on any atom is -0.487 e. The van der Waals surface area contributed by atoms with Gasteiger partial charge in [-0.15, -0.1) is 11.3 Å². The van der Waals surface area contributed by atoms with Crippen LogP contribution in [0.4, 0.5) is 5.00 Å². The number of amides is 2. The summed E-state index contributed by atoms with van der Waals surface area (Å²) in [6.45, 7) is 2.18. The number of nitrogens with one attached hydrogen (secondary N) is 2. The summed E-state index contributed by atoms with van der Waals surface area (Å²) in [5.41, 5.74) is 3.77. The van der Waals surface area contributed by atoms with Crippen LogP contribution in [0.5, 0.6) is 5.75 Å². The minimum atomic E-state index is -0.268. The molecule has 1 aliphatic rings. The Balaban J connectivity index is 1.52. The molecule has 0 aliphatic heterocycles. The standard InChI is InChI=1S/C21H22N4O3S2/c1-12-16(25-30-24-12)11-28-14-7-5-6-13(10-14)19(26)23-21-18(20(27)22-2)15-8-3-4-9-17(15)29-21/h5-7,10H,3-4,8-9,11H2,1-2H3,(H,22,27)(H,23,26). The van der Waals surface area contributed by atoms with Gasteiger partial charge in [0.05, 0.1) is 23.0 Å². The number of carbonyl (C=O) groups excluding carboxylic acids is 2. The van der Waals surface area contributed by atoms with Crippen LogP contribution in [0.25, 0.3) is 0 Å². The van der Waals surface area contributed by atoms with Gasteiger partial charge in [-0.1, -0.05) is 6.07 Å². The van der Waals surface area contributed by atoms with Crippen molar-refractivity contribution in [1.82, 2.24) is 14.1 Å². The number of fused-ring (bicyclic) bond motifs is 1. The highest BCUT2D eigenvalue weighted by Crippen LogP contribution is 2.38. The molecule has 7 nitrogen and oxygen atoms in total. The largest absolute Gasteiger partial charge is 0.487 e. The zero-order valence-corrected chi connectivity index (χ0v) is 18.4. The van der Waals surface area contributed by atoms with Crippen LogP contribution in [0, 0.1) is 6.92 Å².